The van der Waals surface area contributed by atoms with Gasteiger partial charge in [0, 0.05) is 10.4 Å². The monoisotopic (exact) mass is 312 g/mol. The molecule has 90 valence electrons. The van der Waals surface area contributed by atoms with Crippen LogP contribution in [-0.2, 0) is 4.79 Å². The summed E-state index contributed by atoms with van der Waals surface area (Å²) in [6.45, 7) is 2.02. The van der Waals surface area contributed by atoms with E-state index < -0.39 is 0 Å². The number of carbonyl (C=O) groups excluding carboxylic acids is 1. The average molecular weight is 313 g/mol. The van der Waals surface area contributed by atoms with Gasteiger partial charge in [-0.25, -0.2) is 0 Å². The largest absolute Gasteiger partial charge is 0.331 e. The van der Waals surface area contributed by atoms with Crippen molar-refractivity contribution in [1.82, 2.24) is 5.32 Å². The van der Waals surface area contributed by atoms with Crippen molar-refractivity contribution in [2.75, 3.05) is 5.32 Å². The van der Waals surface area contributed by atoms with Crippen LogP contribution in [0.2, 0.25) is 0 Å². The summed E-state index contributed by atoms with van der Waals surface area (Å²) in [7, 11) is 0. The van der Waals surface area contributed by atoms with Crippen molar-refractivity contribution >= 4 is 44.9 Å². The van der Waals surface area contributed by atoms with E-state index in [0.29, 0.717) is 5.11 Å². The second-order valence-electron chi connectivity index (χ2n) is 4.20. The van der Waals surface area contributed by atoms with Crippen molar-refractivity contribution in [3.63, 3.8) is 0 Å². The Kier molecular flexibility index (Phi) is 3.79. The molecule has 1 aromatic carbocycles. The summed E-state index contributed by atoms with van der Waals surface area (Å²) in [5.41, 5.74) is 2.02. The molecule has 0 saturated heterocycles. The van der Waals surface area contributed by atoms with Crippen molar-refractivity contribution in [2.45, 2.75) is 19.8 Å². The highest BCUT2D eigenvalue weighted by atomic mass is 79.9. The van der Waals surface area contributed by atoms with Gasteiger partial charge in [0.1, 0.15) is 0 Å². The fourth-order valence-electron chi connectivity index (χ4n) is 1.43. The van der Waals surface area contributed by atoms with Crippen molar-refractivity contribution in [3.8, 4) is 0 Å². The van der Waals surface area contributed by atoms with Crippen LogP contribution in [0.15, 0.2) is 22.7 Å². The third-order valence-corrected chi connectivity index (χ3v) is 3.42. The molecule has 1 amide bonds. The zero-order valence-corrected chi connectivity index (χ0v) is 11.8. The minimum atomic E-state index is 0.0192. The number of amides is 1. The van der Waals surface area contributed by atoms with Gasteiger partial charge in [0.25, 0.3) is 0 Å². The van der Waals surface area contributed by atoms with Crippen LogP contribution in [0.25, 0.3) is 0 Å². The zero-order chi connectivity index (χ0) is 12.4. The molecule has 2 rings (SSSR count). The molecule has 1 saturated carbocycles. The van der Waals surface area contributed by atoms with Crippen LogP contribution in [0.4, 0.5) is 5.69 Å². The van der Waals surface area contributed by atoms with Crippen molar-refractivity contribution in [1.29, 1.82) is 0 Å². The Morgan fingerprint density at radius 2 is 2.18 bits per heavy atom. The number of thiocarbonyl (C=S) groups is 1. The summed E-state index contributed by atoms with van der Waals surface area (Å²) < 4.78 is 0.931. The first kappa shape index (κ1) is 12.5. The van der Waals surface area contributed by atoms with Gasteiger partial charge in [-0.2, -0.15) is 0 Å². The zero-order valence-electron chi connectivity index (χ0n) is 9.42. The normalized spacial score (nSPS) is 14.2. The lowest BCUT2D eigenvalue weighted by Gasteiger charge is -2.11. The number of benzene rings is 1. The van der Waals surface area contributed by atoms with Crippen LogP contribution < -0.4 is 10.6 Å². The van der Waals surface area contributed by atoms with Crippen LogP contribution in [0.1, 0.15) is 18.4 Å². The van der Waals surface area contributed by atoms with Gasteiger partial charge in [-0.15, -0.1) is 0 Å². The van der Waals surface area contributed by atoms with Gasteiger partial charge in [0.15, 0.2) is 5.11 Å². The van der Waals surface area contributed by atoms with Crippen molar-refractivity contribution < 1.29 is 4.79 Å². The molecule has 0 spiro atoms. The van der Waals surface area contributed by atoms with Gasteiger partial charge < -0.3 is 10.6 Å². The molecular formula is C12H13BrN2OS. The van der Waals surface area contributed by atoms with E-state index in [4.69, 9.17) is 12.2 Å². The van der Waals surface area contributed by atoms with E-state index >= 15 is 0 Å². The highest BCUT2D eigenvalue weighted by Crippen LogP contribution is 2.29. The minimum Gasteiger partial charge on any atom is -0.331 e. The second-order valence-corrected chi connectivity index (χ2v) is 5.46. The molecule has 3 nitrogen and oxygen atoms in total. The summed E-state index contributed by atoms with van der Waals surface area (Å²) in [4.78, 5) is 11.5. The lowest BCUT2D eigenvalue weighted by atomic mass is 10.2. The Labute approximate surface area is 114 Å². The molecule has 1 aromatic rings. The molecule has 0 atom stereocenters. The van der Waals surface area contributed by atoms with Crippen LogP contribution >= 0.6 is 28.1 Å². The summed E-state index contributed by atoms with van der Waals surface area (Å²) >= 11 is 8.54. The Morgan fingerprint density at radius 1 is 1.47 bits per heavy atom. The van der Waals surface area contributed by atoms with Crippen LogP contribution in [0.3, 0.4) is 0 Å². The lowest BCUT2D eigenvalue weighted by molar-refractivity contribution is -0.120. The maximum Gasteiger partial charge on any atom is 0.229 e. The molecule has 5 heteroatoms. The molecule has 0 aromatic heterocycles. The molecule has 17 heavy (non-hydrogen) atoms. The van der Waals surface area contributed by atoms with Crippen molar-refractivity contribution in [3.05, 3.63) is 28.2 Å². The maximum atomic E-state index is 11.5. The highest BCUT2D eigenvalue weighted by molar-refractivity contribution is 9.10. The van der Waals surface area contributed by atoms with Gasteiger partial charge >= 0.3 is 0 Å². The molecule has 0 bridgehead atoms. The van der Waals surface area contributed by atoms with E-state index in [1.807, 2.05) is 25.1 Å². The van der Waals surface area contributed by atoms with Gasteiger partial charge in [-0.05, 0) is 65.6 Å². The number of nitrogens with one attached hydrogen (secondary N) is 2. The predicted octanol–water partition coefficient (Wildman–Crippen LogP) is 2.98. The molecule has 1 fully saturated rings. The number of carbonyl (C=O) groups is 1. The van der Waals surface area contributed by atoms with E-state index in [-0.39, 0.29) is 11.8 Å². The smallest absolute Gasteiger partial charge is 0.229 e. The number of anilines is 1. The van der Waals surface area contributed by atoms with Crippen LogP contribution in [0, 0.1) is 12.8 Å². The summed E-state index contributed by atoms with van der Waals surface area (Å²) in [5, 5.41) is 6.05. The van der Waals surface area contributed by atoms with E-state index in [0.717, 1.165) is 28.6 Å². The Balaban J connectivity index is 1.95. The molecule has 0 radical (unpaired) electrons. The molecule has 2 N–H and O–H groups in total. The first-order chi connectivity index (χ1) is 8.06. The van der Waals surface area contributed by atoms with Gasteiger partial charge in [0.05, 0.1) is 5.69 Å². The van der Waals surface area contributed by atoms with Gasteiger partial charge in [0.2, 0.25) is 5.91 Å². The Hall–Kier alpha value is -0.940. The standard InChI is InChI=1S/C12H13BrN2OS/c1-7-2-5-10(9(13)6-7)14-12(17)15-11(16)8-3-4-8/h2,5-6,8H,3-4H2,1H3,(H2,14,15,16,17). The fraction of sp³-hybridized carbons (Fsp3) is 0.333. The number of halogens is 1. The Bertz CT molecular complexity index is 472. The van der Waals surface area contributed by atoms with Gasteiger partial charge in [-0.3, -0.25) is 4.79 Å². The summed E-state index contributed by atoms with van der Waals surface area (Å²) in [6.07, 6.45) is 1.95. The van der Waals surface area contributed by atoms with Crippen LogP contribution in [-0.4, -0.2) is 11.0 Å². The predicted molar refractivity (Wildman–Crippen MR) is 76.0 cm³/mol. The van der Waals surface area contributed by atoms with Gasteiger partial charge in [-0.1, -0.05) is 6.07 Å². The molecular weight excluding hydrogens is 300 g/mol. The molecule has 0 unspecified atom stereocenters. The first-order valence-corrected chi connectivity index (χ1v) is 6.64. The second kappa shape index (κ2) is 5.14. The third-order valence-electron chi connectivity index (χ3n) is 2.56. The minimum absolute atomic E-state index is 0.0192. The SMILES string of the molecule is Cc1ccc(NC(=S)NC(=O)C2CC2)c(Br)c1. The summed E-state index contributed by atoms with van der Waals surface area (Å²) in [5.74, 6) is 0.182. The number of rotatable bonds is 2. The first-order valence-electron chi connectivity index (χ1n) is 5.44. The molecule has 0 heterocycles. The van der Waals surface area contributed by atoms with E-state index in [1.54, 1.807) is 0 Å². The highest BCUT2D eigenvalue weighted by Gasteiger charge is 2.30. The Morgan fingerprint density at radius 3 is 2.76 bits per heavy atom. The number of aryl methyl sites for hydroxylation is 1. The van der Waals surface area contributed by atoms with E-state index in [9.17, 15) is 4.79 Å². The average Bonchev–Trinajstić information content (AvgIpc) is 3.05. The topological polar surface area (TPSA) is 41.1 Å². The number of hydrogen-bond donors (Lipinski definition) is 2. The van der Waals surface area contributed by atoms with E-state index in [1.165, 1.54) is 0 Å². The molecule has 0 aliphatic heterocycles. The van der Waals surface area contributed by atoms with E-state index in [2.05, 4.69) is 26.6 Å². The number of hydrogen-bond acceptors (Lipinski definition) is 2. The lowest BCUT2D eigenvalue weighted by Crippen LogP contribution is -2.35. The maximum absolute atomic E-state index is 11.5. The molecule has 1 aliphatic carbocycles. The molecule has 1 aliphatic rings. The quantitative estimate of drug-likeness (QED) is 0.825. The summed E-state index contributed by atoms with van der Waals surface area (Å²) in [6, 6.07) is 5.90. The fourth-order valence-corrected chi connectivity index (χ4v) is 2.24. The van der Waals surface area contributed by atoms with Crippen LogP contribution in [0.5, 0.6) is 0 Å². The van der Waals surface area contributed by atoms with Crippen molar-refractivity contribution in [2.24, 2.45) is 5.92 Å². The third kappa shape index (κ3) is 3.51.